The van der Waals surface area contributed by atoms with Crippen molar-refractivity contribution in [3.63, 3.8) is 0 Å². The Balaban J connectivity index is 1.42. The van der Waals surface area contributed by atoms with Crippen LogP contribution in [0.4, 0.5) is 0 Å². The standard InChI is InChI=1S/C22H42O9Si2/c1-32(2,3)31-33(4,21(29-15-19-13-27-19)5-7-23-9-17-11-25-17)22(30-16-20-14-28-20)6-8-24-10-18-12-26-18/h17-22H,5-16H2,1-4H3. The van der Waals surface area contributed by atoms with Crippen LogP contribution in [0, 0.1) is 0 Å². The number of ether oxygens (including phenoxy) is 8. The Morgan fingerprint density at radius 2 is 1.00 bits per heavy atom. The first kappa shape index (κ1) is 26.1. The van der Waals surface area contributed by atoms with E-state index in [2.05, 4.69) is 26.2 Å². The summed E-state index contributed by atoms with van der Waals surface area (Å²) < 4.78 is 53.2. The highest BCUT2D eigenvalue weighted by Crippen LogP contribution is 2.31. The molecular weight excluding hydrogens is 464 g/mol. The molecule has 4 heterocycles. The van der Waals surface area contributed by atoms with E-state index in [1.807, 2.05) is 0 Å². The molecule has 4 fully saturated rings. The molecule has 0 saturated carbocycles. The fraction of sp³-hybridized carbons (Fsp3) is 1.00. The van der Waals surface area contributed by atoms with Crippen LogP contribution in [0.5, 0.6) is 0 Å². The van der Waals surface area contributed by atoms with Gasteiger partial charge in [-0.1, -0.05) is 0 Å². The van der Waals surface area contributed by atoms with Gasteiger partial charge in [-0.15, -0.1) is 0 Å². The SMILES string of the molecule is C[Si](C)(C)O[Si](C)(C(CCOCC1CO1)OCC1CO1)C(CCOCC1CO1)OCC1CO1. The van der Waals surface area contributed by atoms with Crippen LogP contribution in [0.2, 0.25) is 26.2 Å². The van der Waals surface area contributed by atoms with Crippen LogP contribution in [-0.4, -0.2) is 119 Å². The topological polar surface area (TPSA) is 96.3 Å². The second-order valence-electron chi connectivity index (χ2n) is 10.6. The van der Waals surface area contributed by atoms with E-state index in [4.69, 9.17) is 42.0 Å². The summed E-state index contributed by atoms with van der Waals surface area (Å²) in [6.45, 7) is 15.8. The van der Waals surface area contributed by atoms with Gasteiger partial charge in [0.05, 0.1) is 64.3 Å². The summed E-state index contributed by atoms with van der Waals surface area (Å²) in [5.41, 5.74) is -0.129. The van der Waals surface area contributed by atoms with Gasteiger partial charge >= 0.3 is 0 Å². The van der Waals surface area contributed by atoms with Gasteiger partial charge in [0.25, 0.3) is 0 Å². The third-order valence-electron chi connectivity index (χ3n) is 6.04. The van der Waals surface area contributed by atoms with E-state index < -0.39 is 16.6 Å². The molecule has 6 unspecified atom stereocenters. The molecule has 4 rings (SSSR count). The van der Waals surface area contributed by atoms with Crippen molar-refractivity contribution in [1.82, 2.24) is 0 Å². The van der Waals surface area contributed by atoms with Gasteiger partial charge in [-0.05, 0) is 39.0 Å². The van der Waals surface area contributed by atoms with Crippen LogP contribution in [0.15, 0.2) is 0 Å². The zero-order valence-corrected chi connectivity index (χ0v) is 22.6. The third kappa shape index (κ3) is 9.92. The molecule has 4 saturated heterocycles. The van der Waals surface area contributed by atoms with Gasteiger partial charge in [-0.25, -0.2) is 0 Å². The monoisotopic (exact) mass is 506 g/mol. The summed E-state index contributed by atoms with van der Waals surface area (Å²) in [5, 5.41) is 0. The molecule has 0 aromatic carbocycles. The molecule has 9 nitrogen and oxygen atoms in total. The van der Waals surface area contributed by atoms with Crippen LogP contribution < -0.4 is 0 Å². The van der Waals surface area contributed by atoms with E-state index in [-0.39, 0.29) is 35.9 Å². The summed E-state index contributed by atoms with van der Waals surface area (Å²) in [4.78, 5) is 0. The molecule has 0 radical (unpaired) electrons. The largest absolute Gasteiger partial charge is 0.453 e. The Kier molecular flexibility index (Phi) is 9.41. The fourth-order valence-electron chi connectivity index (χ4n) is 3.98. The lowest BCUT2D eigenvalue weighted by atomic mass is 10.4. The van der Waals surface area contributed by atoms with Gasteiger partial charge in [-0.2, -0.15) is 0 Å². The summed E-state index contributed by atoms with van der Waals surface area (Å²) >= 11 is 0. The lowest BCUT2D eigenvalue weighted by molar-refractivity contribution is 0.0110. The zero-order chi connectivity index (χ0) is 23.3. The number of epoxide rings is 4. The van der Waals surface area contributed by atoms with Gasteiger partial charge in [0.15, 0.2) is 8.32 Å². The molecule has 0 aliphatic carbocycles. The first-order valence-electron chi connectivity index (χ1n) is 12.4. The Hall–Kier alpha value is 0.0738. The van der Waals surface area contributed by atoms with Crippen molar-refractivity contribution in [3.05, 3.63) is 0 Å². The van der Waals surface area contributed by atoms with Crippen molar-refractivity contribution in [2.75, 3.05) is 66.1 Å². The molecule has 0 aromatic rings. The van der Waals surface area contributed by atoms with E-state index in [9.17, 15) is 0 Å². The van der Waals surface area contributed by atoms with Crippen LogP contribution >= 0.6 is 0 Å². The Morgan fingerprint density at radius 1 is 0.636 bits per heavy atom. The van der Waals surface area contributed by atoms with E-state index >= 15 is 0 Å². The minimum atomic E-state index is -2.56. The minimum Gasteiger partial charge on any atom is -0.453 e. The summed E-state index contributed by atoms with van der Waals surface area (Å²) in [6.07, 6.45) is 2.44. The van der Waals surface area contributed by atoms with E-state index in [1.54, 1.807) is 0 Å². The molecule has 0 amide bonds. The maximum atomic E-state index is 7.02. The van der Waals surface area contributed by atoms with Crippen molar-refractivity contribution in [2.24, 2.45) is 0 Å². The quantitative estimate of drug-likeness (QED) is 0.139. The maximum Gasteiger partial charge on any atom is 0.235 e. The van der Waals surface area contributed by atoms with E-state index in [0.717, 1.165) is 39.3 Å². The van der Waals surface area contributed by atoms with Gasteiger partial charge in [0.1, 0.15) is 24.4 Å². The first-order chi connectivity index (χ1) is 15.8. The first-order valence-corrected chi connectivity index (χ1v) is 18.3. The normalized spacial score (nSPS) is 31.6. The second-order valence-corrected chi connectivity index (χ2v) is 19.3. The van der Waals surface area contributed by atoms with Crippen LogP contribution in [0.25, 0.3) is 0 Å². The van der Waals surface area contributed by atoms with E-state index in [1.165, 1.54) is 0 Å². The molecule has 4 aliphatic heterocycles. The molecule has 0 N–H and O–H groups in total. The molecule has 0 aromatic heterocycles. The average molecular weight is 507 g/mol. The van der Waals surface area contributed by atoms with Gasteiger partial charge in [0.2, 0.25) is 8.32 Å². The predicted octanol–water partition coefficient (Wildman–Crippen LogP) is 1.67. The molecule has 0 spiro atoms. The zero-order valence-electron chi connectivity index (χ0n) is 20.6. The lowest BCUT2D eigenvalue weighted by Gasteiger charge is -2.44. The Bertz CT molecular complexity index is 549. The Morgan fingerprint density at radius 3 is 1.33 bits per heavy atom. The molecule has 0 bridgehead atoms. The van der Waals surface area contributed by atoms with Crippen LogP contribution in [0.3, 0.4) is 0 Å². The minimum absolute atomic E-state index is 0.0644. The van der Waals surface area contributed by atoms with Gasteiger partial charge in [-0.3, -0.25) is 0 Å². The predicted molar refractivity (Wildman–Crippen MR) is 125 cm³/mol. The van der Waals surface area contributed by atoms with E-state index in [0.29, 0.717) is 39.6 Å². The Labute approximate surface area is 199 Å². The highest BCUT2D eigenvalue weighted by molar-refractivity contribution is 6.86. The van der Waals surface area contributed by atoms with Crippen LogP contribution in [0.1, 0.15) is 12.8 Å². The number of hydrogen-bond donors (Lipinski definition) is 0. The molecule has 33 heavy (non-hydrogen) atoms. The van der Waals surface area contributed by atoms with Crippen molar-refractivity contribution < 1.29 is 42.0 Å². The molecule has 4 aliphatic rings. The van der Waals surface area contributed by atoms with Crippen molar-refractivity contribution in [2.45, 2.75) is 74.9 Å². The molecule has 192 valence electrons. The van der Waals surface area contributed by atoms with Crippen molar-refractivity contribution in [3.8, 4) is 0 Å². The second kappa shape index (κ2) is 11.9. The van der Waals surface area contributed by atoms with Crippen LogP contribution in [-0.2, 0) is 42.0 Å². The highest BCUT2D eigenvalue weighted by atomic mass is 28.4. The smallest absolute Gasteiger partial charge is 0.235 e. The molecule has 11 heteroatoms. The van der Waals surface area contributed by atoms with Crippen molar-refractivity contribution >= 4 is 16.6 Å². The fourth-order valence-corrected chi connectivity index (χ4v) is 13.0. The number of hydrogen-bond acceptors (Lipinski definition) is 9. The summed E-state index contributed by atoms with van der Waals surface area (Å²) in [7, 11) is -4.45. The van der Waals surface area contributed by atoms with Gasteiger partial charge < -0.3 is 42.0 Å². The number of rotatable bonds is 20. The summed E-state index contributed by atoms with van der Waals surface area (Å²) in [6, 6.07) is 0. The highest BCUT2D eigenvalue weighted by Gasteiger charge is 2.50. The van der Waals surface area contributed by atoms with Gasteiger partial charge in [0, 0.05) is 13.2 Å². The average Bonchev–Trinajstić information content (AvgIpc) is 3.60. The molecule has 6 atom stereocenters. The maximum absolute atomic E-state index is 7.02. The molecular formula is C22H42O9Si2. The summed E-state index contributed by atoms with van der Waals surface area (Å²) in [5.74, 6) is 0. The lowest BCUT2D eigenvalue weighted by Crippen LogP contribution is -2.64. The third-order valence-corrected chi connectivity index (χ3v) is 13.7. The van der Waals surface area contributed by atoms with Crippen molar-refractivity contribution in [1.29, 1.82) is 0 Å².